The van der Waals surface area contributed by atoms with Gasteiger partial charge in [-0.25, -0.2) is 13.1 Å². The van der Waals surface area contributed by atoms with E-state index in [1.165, 1.54) is 0 Å². The molecule has 0 spiro atoms. The van der Waals surface area contributed by atoms with Gasteiger partial charge in [0.05, 0.1) is 10.5 Å². The lowest BCUT2D eigenvalue weighted by Gasteiger charge is -2.35. The fourth-order valence-electron chi connectivity index (χ4n) is 3.99. The maximum atomic E-state index is 12.9. The minimum Gasteiger partial charge on any atom is -0.486 e. The molecule has 1 fully saturated rings. The van der Waals surface area contributed by atoms with Gasteiger partial charge in [-0.3, -0.25) is 4.90 Å². The third-order valence-electron chi connectivity index (χ3n) is 5.83. The van der Waals surface area contributed by atoms with Gasteiger partial charge in [0.2, 0.25) is 10.0 Å². The molecule has 2 aliphatic heterocycles. The first kappa shape index (κ1) is 24.1. The highest BCUT2D eigenvalue weighted by Crippen LogP contribution is 2.34. The maximum Gasteiger partial charge on any atom is 0.416 e. The van der Waals surface area contributed by atoms with E-state index in [2.05, 4.69) is 9.62 Å². The van der Waals surface area contributed by atoms with Crippen molar-refractivity contribution >= 4 is 21.6 Å². The molecule has 180 valence electrons. The first-order chi connectivity index (χ1) is 15.6. The number of nitrogens with zero attached hydrogens (tertiary/aromatic N) is 1. The van der Waals surface area contributed by atoms with E-state index < -0.39 is 21.8 Å². The highest BCUT2D eigenvalue weighted by atomic mass is 35.5. The molecule has 6 nitrogen and oxygen atoms in total. The highest BCUT2D eigenvalue weighted by Gasteiger charge is 2.32. The molecule has 4 rings (SSSR count). The van der Waals surface area contributed by atoms with E-state index in [0.717, 1.165) is 44.1 Å². The first-order valence-electron chi connectivity index (χ1n) is 10.6. The van der Waals surface area contributed by atoms with Crippen LogP contribution in [0.15, 0.2) is 47.4 Å². The summed E-state index contributed by atoms with van der Waals surface area (Å²) in [5.41, 5.74) is -0.988. The van der Waals surface area contributed by atoms with Crippen LogP contribution in [0.1, 0.15) is 18.4 Å². The van der Waals surface area contributed by atoms with Crippen LogP contribution in [0.25, 0.3) is 0 Å². The standard InChI is InChI=1S/C22H24ClF3N2O4S/c23-17-4-5-20-21(11-17)32-18(14-31-20)13-28-8-6-15(7-9-28)12-27-33(29,30)19-3-1-2-16(10-19)22(24,25)26/h1-5,10-11,15,18,27H,6-9,12-14H2/t18-/m0/s1. The van der Waals surface area contributed by atoms with E-state index in [1.54, 1.807) is 18.2 Å². The van der Waals surface area contributed by atoms with Crippen molar-refractivity contribution < 1.29 is 31.1 Å². The molecule has 1 N–H and O–H groups in total. The molecule has 0 unspecified atom stereocenters. The predicted molar refractivity (Wildman–Crippen MR) is 117 cm³/mol. The normalized spacial score (nSPS) is 20.1. The van der Waals surface area contributed by atoms with E-state index in [9.17, 15) is 21.6 Å². The monoisotopic (exact) mass is 504 g/mol. The van der Waals surface area contributed by atoms with Gasteiger partial charge >= 0.3 is 6.18 Å². The van der Waals surface area contributed by atoms with E-state index in [4.69, 9.17) is 21.1 Å². The van der Waals surface area contributed by atoms with Crippen molar-refractivity contribution in [3.05, 3.63) is 53.1 Å². The highest BCUT2D eigenvalue weighted by molar-refractivity contribution is 7.89. The van der Waals surface area contributed by atoms with Crippen LogP contribution in [0.2, 0.25) is 5.02 Å². The molecule has 1 saturated heterocycles. The molecule has 2 aromatic rings. The van der Waals surface area contributed by atoms with Gasteiger partial charge in [-0.2, -0.15) is 13.2 Å². The maximum absolute atomic E-state index is 12.9. The summed E-state index contributed by atoms with van der Waals surface area (Å²) >= 11 is 6.02. The largest absolute Gasteiger partial charge is 0.486 e. The second kappa shape index (κ2) is 9.69. The number of ether oxygens (including phenoxy) is 2. The van der Waals surface area contributed by atoms with Crippen LogP contribution in [0, 0.1) is 5.92 Å². The van der Waals surface area contributed by atoms with Gasteiger partial charge in [-0.1, -0.05) is 17.7 Å². The SMILES string of the molecule is O=S(=O)(NCC1CCN(C[C@H]2COc3ccc(Cl)cc3O2)CC1)c1cccc(C(F)(F)F)c1. The summed E-state index contributed by atoms with van der Waals surface area (Å²) < 4.78 is 77.8. The molecule has 11 heteroatoms. The van der Waals surface area contributed by atoms with E-state index in [0.29, 0.717) is 35.7 Å². The number of sulfonamides is 1. The Hall–Kier alpha value is -2.01. The fourth-order valence-corrected chi connectivity index (χ4v) is 5.31. The molecule has 2 heterocycles. The number of fused-ring (bicyclic) bond motifs is 1. The van der Waals surface area contributed by atoms with Crippen LogP contribution in [-0.4, -0.2) is 52.2 Å². The predicted octanol–water partition coefficient (Wildman–Crippen LogP) is 4.19. The van der Waals surface area contributed by atoms with Crippen LogP contribution < -0.4 is 14.2 Å². The topological polar surface area (TPSA) is 67.9 Å². The Morgan fingerprint density at radius 3 is 2.58 bits per heavy atom. The molecule has 1 atom stereocenters. The van der Waals surface area contributed by atoms with Gasteiger partial charge in [0.1, 0.15) is 12.7 Å². The summed E-state index contributed by atoms with van der Waals surface area (Å²) in [6, 6.07) is 9.02. The molecule has 33 heavy (non-hydrogen) atoms. The number of nitrogens with one attached hydrogen (secondary N) is 1. The molecule has 2 aromatic carbocycles. The van der Waals surface area contributed by atoms with Gasteiger partial charge in [-0.15, -0.1) is 0 Å². The molecule has 0 bridgehead atoms. The van der Waals surface area contributed by atoms with Gasteiger partial charge < -0.3 is 9.47 Å². The van der Waals surface area contributed by atoms with Gasteiger partial charge in [0, 0.05) is 24.2 Å². The fraction of sp³-hybridized carbons (Fsp3) is 0.455. The Bertz CT molecular complexity index is 1090. The number of hydrogen-bond donors (Lipinski definition) is 1. The molecule has 0 radical (unpaired) electrons. The van der Waals surface area contributed by atoms with Crippen molar-refractivity contribution in [2.75, 3.05) is 32.8 Å². The number of hydrogen-bond acceptors (Lipinski definition) is 5. The summed E-state index contributed by atoms with van der Waals surface area (Å²) in [5, 5.41) is 0.575. The summed E-state index contributed by atoms with van der Waals surface area (Å²) in [5.74, 6) is 1.39. The number of rotatable bonds is 6. The average molecular weight is 505 g/mol. The number of benzene rings is 2. The average Bonchev–Trinajstić information content (AvgIpc) is 2.78. The lowest BCUT2D eigenvalue weighted by molar-refractivity contribution is -0.137. The van der Waals surface area contributed by atoms with Crippen molar-refractivity contribution in [2.24, 2.45) is 5.92 Å². The number of halogens is 4. The van der Waals surface area contributed by atoms with Crippen LogP contribution >= 0.6 is 11.6 Å². The molecule has 0 amide bonds. The summed E-state index contributed by atoms with van der Waals surface area (Å²) in [4.78, 5) is 1.85. The van der Waals surface area contributed by atoms with Crippen LogP contribution in [-0.2, 0) is 16.2 Å². The molecule has 0 aromatic heterocycles. The molecular weight excluding hydrogens is 481 g/mol. The van der Waals surface area contributed by atoms with Crippen molar-refractivity contribution in [1.29, 1.82) is 0 Å². The van der Waals surface area contributed by atoms with Crippen molar-refractivity contribution in [2.45, 2.75) is 30.0 Å². The van der Waals surface area contributed by atoms with Crippen molar-refractivity contribution in [3.8, 4) is 11.5 Å². The van der Waals surface area contributed by atoms with E-state index in [-0.39, 0.29) is 23.5 Å². The third kappa shape index (κ3) is 6.11. The second-order valence-corrected chi connectivity index (χ2v) is 10.5. The van der Waals surface area contributed by atoms with Crippen LogP contribution in [0.3, 0.4) is 0 Å². The second-order valence-electron chi connectivity index (χ2n) is 8.26. The lowest BCUT2D eigenvalue weighted by Crippen LogP contribution is -2.45. The van der Waals surface area contributed by atoms with E-state index >= 15 is 0 Å². The summed E-state index contributed by atoms with van der Waals surface area (Å²) in [7, 11) is -4.02. The Morgan fingerprint density at radius 1 is 1.09 bits per heavy atom. The molecule has 0 saturated carbocycles. The van der Waals surface area contributed by atoms with Crippen molar-refractivity contribution in [3.63, 3.8) is 0 Å². The molecule has 0 aliphatic carbocycles. The zero-order valence-electron chi connectivity index (χ0n) is 17.6. The van der Waals surface area contributed by atoms with Crippen LogP contribution in [0.4, 0.5) is 13.2 Å². The zero-order chi connectivity index (χ0) is 23.6. The number of alkyl halides is 3. The number of piperidine rings is 1. The summed E-state index contributed by atoms with van der Waals surface area (Å²) in [6.07, 6.45) is -3.20. The minimum atomic E-state index is -4.60. The van der Waals surface area contributed by atoms with Gasteiger partial charge in [0.15, 0.2) is 11.5 Å². The Kier molecular flexibility index (Phi) is 7.09. The van der Waals surface area contributed by atoms with Gasteiger partial charge in [0.25, 0.3) is 0 Å². The number of likely N-dealkylation sites (tertiary alicyclic amines) is 1. The third-order valence-corrected chi connectivity index (χ3v) is 7.48. The van der Waals surface area contributed by atoms with Crippen molar-refractivity contribution in [1.82, 2.24) is 9.62 Å². The van der Waals surface area contributed by atoms with E-state index in [1.807, 2.05) is 0 Å². The molecule has 2 aliphatic rings. The lowest BCUT2D eigenvalue weighted by atomic mass is 9.97. The Labute approximate surface area is 195 Å². The minimum absolute atomic E-state index is 0.102. The zero-order valence-corrected chi connectivity index (χ0v) is 19.2. The smallest absolute Gasteiger partial charge is 0.416 e. The summed E-state index contributed by atoms with van der Waals surface area (Å²) in [6.45, 7) is 2.82. The Balaban J connectivity index is 1.25. The first-order valence-corrected chi connectivity index (χ1v) is 12.4. The van der Waals surface area contributed by atoms with Gasteiger partial charge in [-0.05, 0) is 62.2 Å². The molecular formula is C22H24ClF3N2O4S. The Morgan fingerprint density at radius 2 is 1.85 bits per heavy atom. The van der Waals surface area contributed by atoms with Crippen LogP contribution in [0.5, 0.6) is 11.5 Å². The quantitative estimate of drug-likeness (QED) is 0.639.